The Morgan fingerprint density at radius 2 is 2.10 bits per heavy atom. The highest BCUT2D eigenvalue weighted by Gasteiger charge is 2.28. The fourth-order valence-corrected chi connectivity index (χ4v) is 2.22. The van der Waals surface area contributed by atoms with Gasteiger partial charge in [0.2, 0.25) is 0 Å². The molecular formula is C16H13N3O. The van der Waals surface area contributed by atoms with Gasteiger partial charge < -0.3 is 4.74 Å². The highest BCUT2D eigenvalue weighted by atomic mass is 16.5. The second-order valence-corrected chi connectivity index (χ2v) is 5.07. The van der Waals surface area contributed by atoms with Crippen molar-refractivity contribution in [3.8, 4) is 11.8 Å². The lowest BCUT2D eigenvalue weighted by atomic mass is 9.98. The standard InChI is InChI=1S/C16H13N3O/c1-16(2)19-15(12-4-3-7-18-10-12)13-8-11(9-17)5-6-14(13)20-16/h3-8,10H,1-2H3. The molecule has 0 N–H and O–H groups in total. The van der Waals surface area contributed by atoms with E-state index in [0.29, 0.717) is 5.56 Å². The summed E-state index contributed by atoms with van der Waals surface area (Å²) in [6.07, 6.45) is 3.49. The zero-order chi connectivity index (χ0) is 14.2. The van der Waals surface area contributed by atoms with Crippen LogP contribution >= 0.6 is 0 Å². The summed E-state index contributed by atoms with van der Waals surface area (Å²) in [5.74, 6) is 0.739. The fourth-order valence-electron chi connectivity index (χ4n) is 2.22. The van der Waals surface area contributed by atoms with Gasteiger partial charge in [-0.25, -0.2) is 4.99 Å². The maximum Gasteiger partial charge on any atom is 0.195 e. The second kappa shape index (κ2) is 4.46. The molecule has 20 heavy (non-hydrogen) atoms. The van der Waals surface area contributed by atoms with E-state index in [-0.39, 0.29) is 0 Å². The van der Waals surface area contributed by atoms with Gasteiger partial charge in [-0.05, 0) is 44.2 Å². The Kier molecular flexibility index (Phi) is 2.76. The molecule has 3 rings (SSSR count). The molecule has 0 radical (unpaired) electrons. The summed E-state index contributed by atoms with van der Waals surface area (Å²) in [4.78, 5) is 8.78. The number of fused-ring (bicyclic) bond motifs is 1. The number of aliphatic imine (C=N–C) groups is 1. The molecule has 4 heteroatoms. The summed E-state index contributed by atoms with van der Waals surface area (Å²) < 4.78 is 5.85. The van der Waals surface area contributed by atoms with Crippen molar-refractivity contribution >= 4 is 5.71 Å². The molecular weight excluding hydrogens is 250 g/mol. The normalized spacial score (nSPS) is 15.6. The molecule has 0 bridgehead atoms. The van der Waals surface area contributed by atoms with E-state index in [0.717, 1.165) is 22.6 Å². The van der Waals surface area contributed by atoms with Crippen LogP contribution in [0.15, 0.2) is 47.7 Å². The van der Waals surface area contributed by atoms with Gasteiger partial charge in [-0.2, -0.15) is 5.26 Å². The molecule has 0 saturated heterocycles. The first-order valence-electron chi connectivity index (χ1n) is 6.33. The third-order valence-corrected chi connectivity index (χ3v) is 3.04. The van der Waals surface area contributed by atoms with E-state index in [1.807, 2.05) is 32.0 Å². The molecule has 1 aromatic carbocycles. The minimum Gasteiger partial charge on any atom is -0.466 e. The van der Waals surface area contributed by atoms with Crippen molar-refractivity contribution in [2.24, 2.45) is 4.99 Å². The number of pyridine rings is 1. The van der Waals surface area contributed by atoms with Crippen molar-refractivity contribution in [1.82, 2.24) is 4.98 Å². The lowest BCUT2D eigenvalue weighted by molar-refractivity contribution is 0.115. The lowest BCUT2D eigenvalue weighted by Crippen LogP contribution is -2.32. The van der Waals surface area contributed by atoms with Gasteiger partial charge in [0, 0.05) is 23.5 Å². The lowest BCUT2D eigenvalue weighted by Gasteiger charge is -2.30. The first kappa shape index (κ1) is 12.4. The van der Waals surface area contributed by atoms with Crippen LogP contribution in [0.25, 0.3) is 0 Å². The van der Waals surface area contributed by atoms with Gasteiger partial charge in [0.05, 0.1) is 17.3 Å². The third kappa shape index (κ3) is 2.14. The number of nitrogens with zero attached hydrogens (tertiary/aromatic N) is 3. The summed E-state index contributed by atoms with van der Waals surface area (Å²) in [6.45, 7) is 3.81. The molecule has 0 aliphatic carbocycles. The largest absolute Gasteiger partial charge is 0.466 e. The van der Waals surface area contributed by atoms with E-state index < -0.39 is 5.72 Å². The summed E-state index contributed by atoms with van der Waals surface area (Å²) in [5, 5.41) is 9.06. The van der Waals surface area contributed by atoms with E-state index in [4.69, 9.17) is 10.00 Å². The van der Waals surface area contributed by atoms with E-state index >= 15 is 0 Å². The van der Waals surface area contributed by atoms with Crippen LogP contribution in [0.4, 0.5) is 0 Å². The molecule has 0 amide bonds. The molecule has 4 nitrogen and oxygen atoms in total. The molecule has 0 atom stereocenters. The van der Waals surface area contributed by atoms with E-state index in [1.54, 1.807) is 24.5 Å². The maximum absolute atomic E-state index is 9.06. The number of rotatable bonds is 1. The maximum atomic E-state index is 9.06. The number of hydrogen-bond acceptors (Lipinski definition) is 4. The van der Waals surface area contributed by atoms with Gasteiger partial charge >= 0.3 is 0 Å². The van der Waals surface area contributed by atoms with Crippen LogP contribution in [0.3, 0.4) is 0 Å². The van der Waals surface area contributed by atoms with E-state index in [9.17, 15) is 0 Å². The zero-order valence-electron chi connectivity index (χ0n) is 11.3. The third-order valence-electron chi connectivity index (χ3n) is 3.04. The van der Waals surface area contributed by atoms with Crippen LogP contribution < -0.4 is 4.74 Å². The summed E-state index contributed by atoms with van der Waals surface area (Å²) in [5.41, 5.74) is 2.51. The molecule has 0 spiro atoms. The first-order valence-corrected chi connectivity index (χ1v) is 6.33. The second-order valence-electron chi connectivity index (χ2n) is 5.07. The van der Waals surface area contributed by atoms with Crippen molar-refractivity contribution in [2.45, 2.75) is 19.6 Å². The molecule has 0 unspecified atom stereocenters. The topological polar surface area (TPSA) is 58.3 Å². The van der Waals surface area contributed by atoms with Gasteiger partial charge in [-0.1, -0.05) is 0 Å². The van der Waals surface area contributed by atoms with Crippen molar-refractivity contribution in [3.05, 3.63) is 59.4 Å². The number of aromatic nitrogens is 1. The van der Waals surface area contributed by atoms with E-state index in [1.165, 1.54) is 0 Å². The van der Waals surface area contributed by atoms with Crippen molar-refractivity contribution < 1.29 is 4.74 Å². The highest BCUT2D eigenvalue weighted by Crippen LogP contribution is 2.32. The van der Waals surface area contributed by atoms with Gasteiger partial charge in [0.25, 0.3) is 0 Å². The van der Waals surface area contributed by atoms with Crippen LogP contribution in [0.1, 0.15) is 30.5 Å². The van der Waals surface area contributed by atoms with Crippen molar-refractivity contribution in [3.63, 3.8) is 0 Å². The number of nitriles is 1. The Bertz CT molecular complexity index is 727. The summed E-state index contributed by atoms with van der Waals surface area (Å²) >= 11 is 0. The van der Waals surface area contributed by atoms with Crippen LogP contribution in [0.5, 0.6) is 5.75 Å². The number of hydrogen-bond donors (Lipinski definition) is 0. The molecule has 1 aliphatic rings. The monoisotopic (exact) mass is 263 g/mol. The smallest absolute Gasteiger partial charge is 0.195 e. The minimum atomic E-state index is -0.633. The molecule has 1 aliphatic heterocycles. The minimum absolute atomic E-state index is 0.587. The Labute approximate surface area is 117 Å². The molecule has 0 saturated carbocycles. The molecule has 2 heterocycles. The molecule has 2 aromatic rings. The predicted octanol–water partition coefficient (Wildman–Crippen LogP) is 2.92. The summed E-state index contributed by atoms with van der Waals surface area (Å²) in [6, 6.07) is 11.3. The first-order chi connectivity index (χ1) is 9.59. The highest BCUT2D eigenvalue weighted by molar-refractivity contribution is 6.15. The summed E-state index contributed by atoms with van der Waals surface area (Å²) in [7, 11) is 0. The Hall–Kier alpha value is -2.67. The van der Waals surface area contributed by atoms with Gasteiger partial charge in [0.15, 0.2) is 5.72 Å². The number of benzene rings is 1. The zero-order valence-corrected chi connectivity index (χ0v) is 11.3. The predicted molar refractivity (Wildman–Crippen MR) is 75.7 cm³/mol. The fraction of sp³-hybridized carbons (Fsp3) is 0.188. The molecule has 0 fully saturated rings. The molecule has 98 valence electrons. The van der Waals surface area contributed by atoms with Gasteiger partial charge in [0.1, 0.15) is 5.75 Å². The van der Waals surface area contributed by atoms with Crippen molar-refractivity contribution in [2.75, 3.05) is 0 Å². The van der Waals surface area contributed by atoms with Crippen LogP contribution in [-0.4, -0.2) is 16.4 Å². The van der Waals surface area contributed by atoms with E-state index in [2.05, 4.69) is 16.0 Å². The Morgan fingerprint density at radius 3 is 2.80 bits per heavy atom. The van der Waals surface area contributed by atoms with Crippen LogP contribution in [-0.2, 0) is 0 Å². The van der Waals surface area contributed by atoms with Gasteiger partial charge in [-0.15, -0.1) is 0 Å². The van der Waals surface area contributed by atoms with Crippen LogP contribution in [0, 0.1) is 11.3 Å². The average molecular weight is 263 g/mol. The van der Waals surface area contributed by atoms with Crippen LogP contribution in [0.2, 0.25) is 0 Å². The Morgan fingerprint density at radius 1 is 1.25 bits per heavy atom. The average Bonchev–Trinajstić information content (AvgIpc) is 2.46. The number of ether oxygens (including phenoxy) is 1. The SMILES string of the molecule is CC1(C)N=C(c2cccnc2)c2cc(C#N)ccc2O1. The van der Waals surface area contributed by atoms with Crippen molar-refractivity contribution in [1.29, 1.82) is 5.26 Å². The quantitative estimate of drug-likeness (QED) is 0.794. The molecule has 1 aromatic heterocycles. The Balaban J connectivity index is 2.22. The van der Waals surface area contributed by atoms with Gasteiger partial charge in [-0.3, -0.25) is 4.98 Å².